The fourth-order valence-corrected chi connectivity index (χ4v) is 2.87. The lowest BCUT2D eigenvalue weighted by atomic mass is 10.2. The maximum Gasteiger partial charge on any atom is 0.123 e. The average Bonchev–Trinajstić information content (AvgIpc) is 2.51. The molecule has 0 saturated carbocycles. The van der Waals surface area contributed by atoms with E-state index in [-0.39, 0.29) is 24.8 Å². The molecule has 23 heavy (non-hydrogen) atoms. The Bertz CT molecular complexity index is 433. The summed E-state index contributed by atoms with van der Waals surface area (Å²) in [6, 6.07) is 6.17. The highest BCUT2D eigenvalue weighted by atomic mass is 79.9. The Morgan fingerprint density at radius 1 is 1.26 bits per heavy atom. The summed E-state index contributed by atoms with van der Waals surface area (Å²) < 4.78 is 12.1. The monoisotopic (exact) mass is 426 g/mol. The Morgan fingerprint density at radius 2 is 2.00 bits per heavy atom. The number of rotatable bonds is 8. The first-order valence-electron chi connectivity index (χ1n) is 7.71. The maximum absolute atomic E-state index is 5.66. The van der Waals surface area contributed by atoms with Crippen molar-refractivity contribution < 1.29 is 34.3 Å². The summed E-state index contributed by atoms with van der Waals surface area (Å²) in [7, 11) is 0. The van der Waals surface area contributed by atoms with E-state index in [1.807, 2.05) is 19.1 Å². The minimum atomic E-state index is 0. The van der Waals surface area contributed by atoms with E-state index < -0.39 is 0 Å². The van der Waals surface area contributed by atoms with E-state index in [0.29, 0.717) is 6.61 Å². The van der Waals surface area contributed by atoms with Crippen molar-refractivity contribution in [3.63, 3.8) is 0 Å². The Hall–Kier alpha value is -0.0400. The second-order valence-electron chi connectivity index (χ2n) is 5.17. The topological polar surface area (TPSA) is 33.7 Å². The SMILES string of the molecule is CCOc1ccc(Br)cc1CNCCCN1CCOCC1.[Cl-].[Cl-]. The molecule has 0 bridgehead atoms. The summed E-state index contributed by atoms with van der Waals surface area (Å²) in [6.07, 6.45) is 1.16. The molecule has 0 spiro atoms. The van der Waals surface area contributed by atoms with E-state index in [0.717, 1.165) is 62.6 Å². The number of nitrogens with zero attached hydrogens (tertiary/aromatic N) is 1. The van der Waals surface area contributed by atoms with Crippen molar-refractivity contribution in [3.8, 4) is 5.75 Å². The van der Waals surface area contributed by atoms with Crippen LogP contribution in [-0.4, -0.2) is 50.9 Å². The minimum Gasteiger partial charge on any atom is -1.00 e. The molecule has 0 amide bonds. The number of nitrogens with one attached hydrogen (secondary N) is 1. The van der Waals surface area contributed by atoms with Gasteiger partial charge in [0.15, 0.2) is 0 Å². The molecule has 1 aromatic rings. The van der Waals surface area contributed by atoms with Crippen LogP contribution in [-0.2, 0) is 11.3 Å². The van der Waals surface area contributed by atoms with Crippen molar-refractivity contribution in [3.05, 3.63) is 28.2 Å². The standard InChI is InChI=1S/C16H25BrN2O2.2ClH/c1-2-21-16-5-4-15(17)12-14(16)13-18-6-3-7-19-8-10-20-11-9-19;;/h4-5,12,18H,2-3,6-11,13H2,1H3;2*1H/p-2. The fraction of sp³-hybridized carbons (Fsp3) is 0.625. The molecule has 1 N–H and O–H groups in total. The Balaban J connectivity index is 0.00000242. The van der Waals surface area contributed by atoms with E-state index in [2.05, 4.69) is 32.2 Å². The molecule has 1 aliphatic heterocycles. The van der Waals surface area contributed by atoms with Gasteiger partial charge in [-0.1, -0.05) is 15.9 Å². The summed E-state index contributed by atoms with van der Waals surface area (Å²) in [5, 5.41) is 3.51. The molecule has 7 heteroatoms. The first kappa shape index (κ1) is 23.0. The minimum absolute atomic E-state index is 0. The molecule has 134 valence electrons. The van der Waals surface area contributed by atoms with Gasteiger partial charge in [-0.2, -0.15) is 0 Å². The predicted molar refractivity (Wildman–Crippen MR) is 88.9 cm³/mol. The summed E-state index contributed by atoms with van der Waals surface area (Å²) in [6.45, 7) is 9.63. The molecule has 4 nitrogen and oxygen atoms in total. The molecule has 0 aromatic heterocycles. The number of hydrogen-bond donors (Lipinski definition) is 1. The molecule has 0 atom stereocenters. The van der Waals surface area contributed by atoms with Crippen LogP contribution in [0.25, 0.3) is 0 Å². The van der Waals surface area contributed by atoms with Gasteiger partial charge in [0.25, 0.3) is 0 Å². The summed E-state index contributed by atoms with van der Waals surface area (Å²) >= 11 is 3.52. The van der Waals surface area contributed by atoms with E-state index in [1.165, 1.54) is 5.56 Å². The van der Waals surface area contributed by atoms with Crippen molar-refractivity contribution >= 4 is 15.9 Å². The molecule has 0 radical (unpaired) electrons. The Labute approximate surface area is 160 Å². The quantitative estimate of drug-likeness (QED) is 0.440. The number of benzene rings is 1. The molecule has 1 fully saturated rings. The van der Waals surface area contributed by atoms with Gasteiger partial charge in [-0.05, 0) is 44.6 Å². The van der Waals surface area contributed by atoms with Crippen LogP contribution in [0, 0.1) is 0 Å². The largest absolute Gasteiger partial charge is 1.00 e. The molecule has 0 unspecified atom stereocenters. The number of morpholine rings is 1. The number of hydrogen-bond acceptors (Lipinski definition) is 4. The summed E-state index contributed by atoms with van der Waals surface area (Å²) in [5.74, 6) is 0.973. The van der Waals surface area contributed by atoms with Crippen molar-refractivity contribution in [2.24, 2.45) is 0 Å². The Kier molecular flexibility index (Phi) is 13.3. The first-order chi connectivity index (χ1) is 10.3. The van der Waals surface area contributed by atoms with Crippen molar-refractivity contribution in [1.82, 2.24) is 10.2 Å². The number of ether oxygens (including phenoxy) is 2. The summed E-state index contributed by atoms with van der Waals surface area (Å²) in [5.41, 5.74) is 1.21. The normalized spacial score (nSPS) is 14.7. The average molecular weight is 428 g/mol. The van der Waals surface area contributed by atoms with Crippen molar-refractivity contribution in [2.45, 2.75) is 19.9 Å². The first-order valence-corrected chi connectivity index (χ1v) is 8.51. The third-order valence-corrected chi connectivity index (χ3v) is 4.06. The zero-order chi connectivity index (χ0) is 14.9. The van der Waals surface area contributed by atoms with Gasteiger partial charge in [0.1, 0.15) is 5.75 Å². The molecular formula is C16H25BrCl2N2O2-2. The molecule has 1 aromatic carbocycles. The molecular weight excluding hydrogens is 403 g/mol. The van der Waals surface area contributed by atoms with Gasteiger partial charge >= 0.3 is 0 Å². The van der Waals surface area contributed by atoms with Crippen LogP contribution in [0.4, 0.5) is 0 Å². The zero-order valence-electron chi connectivity index (χ0n) is 13.5. The lowest BCUT2D eigenvalue weighted by Gasteiger charge is -2.26. The zero-order valence-corrected chi connectivity index (χ0v) is 16.6. The van der Waals surface area contributed by atoms with Crippen LogP contribution in [0.1, 0.15) is 18.9 Å². The van der Waals surface area contributed by atoms with E-state index in [1.54, 1.807) is 0 Å². The van der Waals surface area contributed by atoms with Crippen LogP contribution >= 0.6 is 15.9 Å². The molecule has 1 saturated heterocycles. The van der Waals surface area contributed by atoms with Gasteiger partial charge in [-0.15, -0.1) is 0 Å². The molecule has 1 aliphatic rings. The van der Waals surface area contributed by atoms with E-state index >= 15 is 0 Å². The van der Waals surface area contributed by atoms with Gasteiger partial charge in [-0.25, -0.2) is 0 Å². The lowest BCUT2D eigenvalue weighted by Crippen LogP contribution is -3.00. The van der Waals surface area contributed by atoms with Gasteiger partial charge in [0.05, 0.1) is 19.8 Å². The fourth-order valence-electron chi connectivity index (χ4n) is 2.46. The molecule has 0 aliphatic carbocycles. The highest BCUT2D eigenvalue weighted by Crippen LogP contribution is 2.23. The van der Waals surface area contributed by atoms with E-state index in [9.17, 15) is 0 Å². The van der Waals surface area contributed by atoms with E-state index in [4.69, 9.17) is 9.47 Å². The van der Waals surface area contributed by atoms with Crippen molar-refractivity contribution in [1.29, 1.82) is 0 Å². The van der Waals surface area contributed by atoms with Gasteiger partial charge in [0, 0.05) is 29.7 Å². The van der Waals surface area contributed by atoms with Crippen LogP contribution in [0.2, 0.25) is 0 Å². The lowest BCUT2D eigenvalue weighted by molar-refractivity contribution is -0.001000. The maximum atomic E-state index is 5.66. The summed E-state index contributed by atoms with van der Waals surface area (Å²) in [4.78, 5) is 2.47. The van der Waals surface area contributed by atoms with Gasteiger partial charge < -0.3 is 39.6 Å². The Morgan fingerprint density at radius 3 is 2.70 bits per heavy atom. The van der Waals surface area contributed by atoms with Gasteiger partial charge in [0.2, 0.25) is 0 Å². The van der Waals surface area contributed by atoms with Crippen LogP contribution in [0.3, 0.4) is 0 Å². The second-order valence-corrected chi connectivity index (χ2v) is 6.09. The third-order valence-electron chi connectivity index (χ3n) is 3.57. The predicted octanol–water partition coefficient (Wildman–Crippen LogP) is -3.33. The van der Waals surface area contributed by atoms with Crippen molar-refractivity contribution in [2.75, 3.05) is 46.0 Å². The highest BCUT2D eigenvalue weighted by Gasteiger charge is 2.09. The van der Waals surface area contributed by atoms with Crippen LogP contribution < -0.4 is 34.9 Å². The second kappa shape index (κ2) is 13.3. The smallest absolute Gasteiger partial charge is 0.123 e. The third kappa shape index (κ3) is 8.57. The highest BCUT2D eigenvalue weighted by molar-refractivity contribution is 9.10. The molecule has 2 rings (SSSR count). The van der Waals surface area contributed by atoms with Gasteiger partial charge in [-0.3, -0.25) is 4.90 Å². The van der Waals surface area contributed by atoms with Crippen LogP contribution in [0.5, 0.6) is 5.75 Å². The number of halogens is 3. The van der Waals surface area contributed by atoms with Crippen LogP contribution in [0.15, 0.2) is 22.7 Å². The molecule has 1 heterocycles.